The van der Waals surface area contributed by atoms with E-state index >= 15 is 0 Å². The maximum absolute atomic E-state index is 6.17. The van der Waals surface area contributed by atoms with Gasteiger partial charge in [0.1, 0.15) is 0 Å². The van der Waals surface area contributed by atoms with E-state index in [-0.39, 0.29) is 0 Å². The number of hydrogen-bond donors (Lipinski definition) is 1. The first-order valence-electron chi connectivity index (χ1n) is 6.42. The molecule has 100 valence electrons. The standard InChI is InChI=1S/C14H19BrClNO/c1-17-12-4-6-13(7-5-12)18-9-10-2-3-11(15)8-14(10)16/h2-3,8,12-13,17H,4-7,9H2,1H3. The fraction of sp³-hybridized carbons (Fsp3) is 0.571. The van der Waals surface area contributed by atoms with Crippen molar-refractivity contribution in [2.24, 2.45) is 0 Å². The van der Waals surface area contributed by atoms with Gasteiger partial charge in [0.05, 0.1) is 12.7 Å². The van der Waals surface area contributed by atoms with Crippen LogP contribution in [-0.2, 0) is 11.3 Å². The second kappa shape index (κ2) is 6.90. The van der Waals surface area contributed by atoms with Crippen molar-refractivity contribution in [2.45, 2.75) is 44.4 Å². The number of halogens is 2. The molecule has 1 N–H and O–H groups in total. The lowest BCUT2D eigenvalue weighted by atomic mass is 9.93. The molecule has 0 aliphatic heterocycles. The van der Waals surface area contributed by atoms with E-state index in [1.54, 1.807) is 0 Å². The predicted octanol–water partition coefficient (Wildman–Crippen LogP) is 4.15. The van der Waals surface area contributed by atoms with E-state index in [9.17, 15) is 0 Å². The summed E-state index contributed by atoms with van der Waals surface area (Å²) in [6, 6.07) is 6.60. The van der Waals surface area contributed by atoms with Crippen molar-refractivity contribution in [3.05, 3.63) is 33.3 Å². The Balaban J connectivity index is 1.81. The van der Waals surface area contributed by atoms with E-state index in [0.717, 1.165) is 27.9 Å². The number of hydrogen-bond acceptors (Lipinski definition) is 2. The Morgan fingerprint density at radius 1 is 1.33 bits per heavy atom. The van der Waals surface area contributed by atoms with Gasteiger partial charge in [-0.25, -0.2) is 0 Å². The summed E-state index contributed by atoms with van der Waals surface area (Å²) in [5.74, 6) is 0. The molecule has 18 heavy (non-hydrogen) atoms. The van der Waals surface area contributed by atoms with Gasteiger partial charge in [-0.05, 0) is 50.4 Å². The molecule has 0 spiro atoms. The molecule has 4 heteroatoms. The van der Waals surface area contributed by atoms with Crippen molar-refractivity contribution < 1.29 is 4.74 Å². The number of rotatable bonds is 4. The minimum Gasteiger partial charge on any atom is -0.373 e. The maximum Gasteiger partial charge on any atom is 0.0735 e. The highest BCUT2D eigenvalue weighted by Gasteiger charge is 2.20. The van der Waals surface area contributed by atoms with Gasteiger partial charge in [-0.1, -0.05) is 33.6 Å². The molecule has 0 amide bonds. The molecule has 1 aromatic carbocycles. The van der Waals surface area contributed by atoms with Crippen LogP contribution in [0, 0.1) is 0 Å². The highest BCUT2D eigenvalue weighted by atomic mass is 79.9. The summed E-state index contributed by atoms with van der Waals surface area (Å²) in [4.78, 5) is 0. The Kier molecular flexibility index (Phi) is 5.49. The average molecular weight is 333 g/mol. The van der Waals surface area contributed by atoms with Gasteiger partial charge in [0.2, 0.25) is 0 Å². The van der Waals surface area contributed by atoms with Crippen LogP contribution < -0.4 is 5.32 Å². The lowest BCUT2D eigenvalue weighted by Gasteiger charge is -2.28. The highest BCUT2D eigenvalue weighted by molar-refractivity contribution is 9.10. The van der Waals surface area contributed by atoms with Gasteiger partial charge in [-0.3, -0.25) is 0 Å². The number of benzene rings is 1. The molecule has 1 aromatic rings. The van der Waals surface area contributed by atoms with Gasteiger partial charge in [-0.2, -0.15) is 0 Å². The first-order valence-corrected chi connectivity index (χ1v) is 7.59. The van der Waals surface area contributed by atoms with Gasteiger partial charge in [0.15, 0.2) is 0 Å². The van der Waals surface area contributed by atoms with Crippen molar-refractivity contribution >= 4 is 27.5 Å². The Bertz CT molecular complexity index is 391. The molecule has 2 rings (SSSR count). The normalized spacial score (nSPS) is 24.2. The Morgan fingerprint density at radius 2 is 2.06 bits per heavy atom. The van der Waals surface area contributed by atoms with E-state index in [4.69, 9.17) is 16.3 Å². The maximum atomic E-state index is 6.17. The quantitative estimate of drug-likeness (QED) is 0.894. The topological polar surface area (TPSA) is 21.3 Å². The van der Waals surface area contributed by atoms with Crippen LogP contribution in [0.5, 0.6) is 0 Å². The number of nitrogens with one attached hydrogen (secondary N) is 1. The van der Waals surface area contributed by atoms with Gasteiger partial charge in [0.25, 0.3) is 0 Å². The predicted molar refractivity (Wildman–Crippen MR) is 79.0 cm³/mol. The average Bonchev–Trinajstić information content (AvgIpc) is 2.38. The largest absolute Gasteiger partial charge is 0.373 e. The van der Waals surface area contributed by atoms with Crippen LogP contribution in [0.3, 0.4) is 0 Å². The zero-order valence-electron chi connectivity index (χ0n) is 10.6. The third kappa shape index (κ3) is 3.95. The van der Waals surface area contributed by atoms with Crippen molar-refractivity contribution in [3.63, 3.8) is 0 Å². The highest BCUT2D eigenvalue weighted by Crippen LogP contribution is 2.25. The molecule has 1 aliphatic carbocycles. The summed E-state index contributed by atoms with van der Waals surface area (Å²) in [6.45, 7) is 0.612. The monoisotopic (exact) mass is 331 g/mol. The van der Waals surface area contributed by atoms with Gasteiger partial charge >= 0.3 is 0 Å². The zero-order chi connectivity index (χ0) is 13.0. The SMILES string of the molecule is CNC1CCC(OCc2ccc(Br)cc2Cl)CC1. The third-order valence-corrected chi connectivity index (χ3v) is 4.42. The zero-order valence-corrected chi connectivity index (χ0v) is 12.9. The molecule has 2 nitrogen and oxygen atoms in total. The summed E-state index contributed by atoms with van der Waals surface area (Å²) in [7, 11) is 2.04. The summed E-state index contributed by atoms with van der Waals surface area (Å²) in [5, 5.41) is 4.10. The van der Waals surface area contributed by atoms with Crippen molar-refractivity contribution in [2.75, 3.05) is 7.05 Å². The van der Waals surface area contributed by atoms with Crippen molar-refractivity contribution in [1.29, 1.82) is 0 Å². The van der Waals surface area contributed by atoms with Crippen molar-refractivity contribution in [3.8, 4) is 0 Å². The Labute approximate surface area is 122 Å². The molecule has 0 unspecified atom stereocenters. The molecule has 1 aliphatic rings. The Hall–Kier alpha value is -0.0900. The molecule has 0 bridgehead atoms. The fourth-order valence-corrected chi connectivity index (χ4v) is 3.09. The lowest BCUT2D eigenvalue weighted by molar-refractivity contribution is 0.0119. The minimum atomic E-state index is 0.384. The smallest absolute Gasteiger partial charge is 0.0735 e. The van der Waals surface area contributed by atoms with E-state index in [1.807, 2.05) is 25.2 Å². The van der Waals surface area contributed by atoms with Gasteiger partial charge in [-0.15, -0.1) is 0 Å². The molecule has 0 saturated heterocycles. The van der Waals surface area contributed by atoms with E-state index < -0.39 is 0 Å². The first-order chi connectivity index (χ1) is 8.69. The number of ether oxygens (including phenoxy) is 1. The van der Waals surface area contributed by atoms with E-state index in [1.165, 1.54) is 12.8 Å². The molecule has 0 heterocycles. The third-order valence-electron chi connectivity index (χ3n) is 3.57. The summed E-state index contributed by atoms with van der Waals surface area (Å²) < 4.78 is 6.96. The molecule has 0 aromatic heterocycles. The van der Waals surface area contributed by atoms with Crippen molar-refractivity contribution in [1.82, 2.24) is 5.32 Å². The minimum absolute atomic E-state index is 0.384. The molecule has 1 saturated carbocycles. The van der Waals surface area contributed by atoms with Gasteiger partial charge in [0, 0.05) is 15.5 Å². The summed E-state index contributed by atoms with van der Waals surface area (Å²) >= 11 is 9.58. The molecular formula is C14H19BrClNO. The summed E-state index contributed by atoms with van der Waals surface area (Å²) in [5.41, 5.74) is 1.07. The van der Waals surface area contributed by atoms with Crippen LogP contribution in [0.15, 0.2) is 22.7 Å². The Morgan fingerprint density at radius 3 is 2.67 bits per heavy atom. The second-order valence-electron chi connectivity index (χ2n) is 4.81. The van der Waals surface area contributed by atoms with Crippen LogP contribution in [-0.4, -0.2) is 19.2 Å². The van der Waals surface area contributed by atoms with Crippen LogP contribution in [0.2, 0.25) is 5.02 Å². The van der Waals surface area contributed by atoms with E-state index in [2.05, 4.69) is 21.2 Å². The second-order valence-corrected chi connectivity index (χ2v) is 6.13. The van der Waals surface area contributed by atoms with Crippen LogP contribution in [0.25, 0.3) is 0 Å². The fourth-order valence-electron chi connectivity index (χ4n) is 2.36. The van der Waals surface area contributed by atoms with E-state index in [0.29, 0.717) is 18.8 Å². The lowest BCUT2D eigenvalue weighted by Crippen LogP contribution is -2.32. The molecule has 1 fully saturated rings. The van der Waals surface area contributed by atoms with Crippen LogP contribution in [0.4, 0.5) is 0 Å². The molecular weight excluding hydrogens is 314 g/mol. The molecule has 0 radical (unpaired) electrons. The van der Waals surface area contributed by atoms with Crippen LogP contribution in [0.1, 0.15) is 31.2 Å². The molecule has 0 atom stereocenters. The first kappa shape index (κ1) is 14.3. The van der Waals surface area contributed by atoms with Gasteiger partial charge < -0.3 is 10.1 Å². The summed E-state index contributed by atoms with van der Waals surface area (Å²) in [6.07, 6.45) is 5.07. The van der Waals surface area contributed by atoms with Crippen LogP contribution >= 0.6 is 27.5 Å².